The van der Waals surface area contributed by atoms with Crippen LogP contribution in [0.3, 0.4) is 0 Å². The highest BCUT2D eigenvalue weighted by atomic mass is 16.5. The van der Waals surface area contributed by atoms with E-state index < -0.39 is 0 Å². The van der Waals surface area contributed by atoms with Crippen LogP contribution in [0.1, 0.15) is 49.3 Å². The van der Waals surface area contributed by atoms with Crippen LogP contribution in [-0.2, 0) is 22.6 Å². The van der Waals surface area contributed by atoms with Crippen LogP contribution in [-0.4, -0.2) is 51.3 Å². The number of ether oxygens (including phenoxy) is 1. The number of carbonyl (C=O) groups is 2. The number of piperidine rings is 1. The molecule has 0 N–H and O–H groups in total. The molecule has 2 aromatic rings. The fraction of sp³-hybridized carbons (Fsp3) is 0.455. The maximum atomic E-state index is 12.5. The zero-order chi connectivity index (χ0) is 20.2. The molecule has 1 fully saturated rings. The molecule has 0 aliphatic carbocycles. The van der Waals surface area contributed by atoms with Crippen molar-refractivity contribution in [3.63, 3.8) is 0 Å². The molecule has 1 atom stereocenters. The fourth-order valence-corrected chi connectivity index (χ4v) is 4.03. The van der Waals surface area contributed by atoms with Crippen molar-refractivity contribution in [2.45, 2.75) is 45.2 Å². The number of amides is 2. The molecule has 2 amide bonds. The number of hydrogen-bond acceptors (Lipinski definition) is 5. The lowest BCUT2D eigenvalue weighted by molar-refractivity contribution is -0.134. The molecule has 1 saturated heterocycles. The van der Waals surface area contributed by atoms with Gasteiger partial charge in [0.05, 0.1) is 11.7 Å². The number of nitrogens with zero attached hydrogens (tertiary/aromatic N) is 4. The third-order valence-electron chi connectivity index (χ3n) is 5.62. The van der Waals surface area contributed by atoms with Gasteiger partial charge in [-0.25, -0.2) is 9.97 Å². The largest absolute Gasteiger partial charge is 0.484 e. The van der Waals surface area contributed by atoms with Gasteiger partial charge in [0.2, 0.25) is 5.91 Å². The van der Waals surface area contributed by atoms with Gasteiger partial charge in [-0.1, -0.05) is 18.2 Å². The molecule has 0 bridgehead atoms. The molecule has 1 aromatic carbocycles. The number of aromatic nitrogens is 2. The normalized spacial score (nSPS) is 18.9. The molecule has 4 rings (SSSR count). The molecule has 29 heavy (non-hydrogen) atoms. The number of carbonyl (C=O) groups excluding carboxylic acids is 2. The van der Waals surface area contributed by atoms with Crippen molar-refractivity contribution in [3.8, 4) is 5.75 Å². The summed E-state index contributed by atoms with van der Waals surface area (Å²) in [5.41, 5.74) is 1.95. The highest BCUT2D eigenvalue weighted by Gasteiger charge is 2.30. The molecular formula is C22H26N4O3. The zero-order valence-corrected chi connectivity index (χ0v) is 16.7. The van der Waals surface area contributed by atoms with Gasteiger partial charge in [-0.05, 0) is 31.4 Å². The van der Waals surface area contributed by atoms with Crippen molar-refractivity contribution >= 4 is 11.8 Å². The summed E-state index contributed by atoms with van der Waals surface area (Å²) in [5, 5.41) is 0. The Hall–Kier alpha value is -2.96. The minimum absolute atomic E-state index is 0.0218. The monoisotopic (exact) mass is 394 g/mol. The number of likely N-dealkylation sites (tertiary alicyclic amines) is 1. The van der Waals surface area contributed by atoms with Crippen molar-refractivity contribution in [2.24, 2.45) is 0 Å². The molecular weight excluding hydrogens is 368 g/mol. The summed E-state index contributed by atoms with van der Waals surface area (Å²) in [7, 11) is 0. The minimum atomic E-state index is -0.0429. The first-order valence-electron chi connectivity index (χ1n) is 10.2. The number of rotatable bonds is 4. The first kappa shape index (κ1) is 19.4. The van der Waals surface area contributed by atoms with Gasteiger partial charge in [-0.3, -0.25) is 9.59 Å². The van der Waals surface area contributed by atoms with Crippen molar-refractivity contribution in [1.82, 2.24) is 19.8 Å². The van der Waals surface area contributed by atoms with E-state index in [9.17, 15) is 9.59 Å². The Labute approximate surface area is 170 Å². The van der Waals surface area contributed by atoms with Gasteiger partial charge >= 0.3 is 0 Å². The standard InChI is InChI=1S/C22H26N4O3/c1-16(27)26-11-6-5-9-20(26)22-23-13-17-14-25(12-10-19(17)24-22)21(28)15-29-18-7-3-2-4-8-18/h2-4,7-8,13,20H,5-6,9-12,14-15H2,1H3. The molecule has 0 spiro atoms. The number of hydrogen-bond donors (Lipinski definition) is 0. The van der Waals surface area contributed by atoms with E-state index in [-0.39, 0.29) is 24.5 Å². The number of fused-ring (bicyclic) bond motifs is 1. The van der Waals surface area contributed by atoms with E-state index in [1.54, 1.807) is 11.8 Å². The van der Waals surface area contributed by atoms with E-state index in [1.165, 1.54) is 0 Å². The summed E-state index contributed by atoms with van der Waals surface area (Å²) >= 11 is 0. The third kappa shape index (κ3) is 4.39. The van der Waals surface area contributed by atoms with Gasteiger partial charge in [-0.15, -0.1) is 0 Å². The van der Waals surface area contributed by atoms with E-state index >= 15 is 0 Å². The molecule has 2 aliphatic heterocycles. The summed E-state index contributed by atoms with van der Waals surface area (Å²) in [4.78, 5) is 37.5. The second-order valence-corrected chi connectivity index (χ2v) is 7.59. The van der Waals surface area contributed by atoms with Gasteiger partial charge in [0.1, 0.15) is 5.75 Å². The molecule has 0 radical (unpaired) electrons. The average Bonchev–Trinajstić information content (AvgIpc) is 2.77. The number of para-hydroxylation sites is 1. The second-order valence-electron chi connectivity index (χ2n) is 7.59. The Morgan fingerprint density at radius 3 is 2.79 bits per heavy atom. The van der Waals surface area contributed by atoms with E-state index in [2.05, 4.69) is 4.98 Å². The Balaban J connectivity index is 1.41. The van der Waals surface area contributed by atoms with E-state index in [0.29, 0.717) is 25.3 Å². The lowest BCUT2D eigenvalue weighted by Crippen LogP contribution is -2.40. The van der Waals surface area contributed by atoms with E-state index in [0.717, 1.165) is 42.9 Å². The van der Waals surface area contributed by atoms with E-state index in [4.69, 9.17) is 9.72 Å². The first-order valence-corrected chi connectivity index (χ1v) is 10.2. The van der Waals surface area contributed by atoms with Crippen LogP contribution in [0.25, 0.3) is 0 Å². The Kier molecular flexibility index (Phi) is 5.74. The van der Waals surface area contributed by atoms with Crippen LogP contribution in [0, 0.1) is 0 Å². The van der Waals surface area contributed by atoms with Gasteiger partial charge < -0.3 is 14.5 Å². The quantitative estimate of drug-likeness (QED) is 0.797. The Bertz CT molecular complexity index is 887. The van der Waals surface area contributed by atoms with Crippen LogP contribution < -0.4 is 4.74 Å². The average molecular weight is 394 g/mol. The van der Waals surface area contributed by atoms with Gasteiger partial charge in [0.25, 0.3) is 5.91 Å². The predicted octanol–water partition coefficient (Wildman–Crippen LogP) is 2.51. The van der Waals surface area contributed by atoms with Gasteiger partial charge in [0.15, 0.2) is 12.4 Å². The van der Waals surface area contributed by atoms with Crippen molar-refractivity contribution in [3.05, 3.63) is 53.6 Å². The van der Waals surface area contributed by atoms with Gasteiger partial charge in [0, 0.05) is 44.7 Å². The van der Waals surface area contributed by atoms with Crippen LogP contribution in [0.2, 0.25) is 0 Å². The summed E-state index contributed by atoms with van der Waals surface area (Å²) in [6.07, 6.45) is 5.53. The number of benzene rings is 1. The Morgan fingerprint density at radius 1 is 1.17 bits per heavy atom. The third-order valence-corrected chi connectivity index (χ3v) is 5.62. The lowest BCUT2D eigenvalue weighted by atomic mass is 10.0. The summed E-state index contributed by atoms with van der Waals surface area (Å²) in [6, 6.07) is 9.31. The molecule has 2 aliphatic rings. The van der Waals surface area contributed by atoms with Crippen molar-refractivity contribution in [1.29, 1.82) is 0 Å². The van der Waals surface area contributed by atoms with Crippen molar-refractivity contribution < 1.29 is 14.3 Å². The van der Waals surface area contributed by atoms with Crippen LogP contribution in [0.15, 0.2) is 36.5 Å². The van der Waals surface area contributed by atoms with Crippen LogP contribution in [0.5, 0.6) is 5.75 Å². The van der Waals surface area contributed by atoms with Crippen LogP contribution in [0.4, 0.5) is 0 Å². The molecule has 1 aromatic heterocycles. The minimum Gasteiger partial charge on any atom is -0.484 e. The molecule has 0 saturated carbocycles. The summed E-state index contributed by atoms with van der Waals surface area (Å²) in [6.45, 7) is 3.50. The van der Waals surface area contributed by atoms with Crippen LogP contribution >= 0.6 is 0 Å². The lowest BCUT2D eigenvalue weighted by Gasteiger charge is -2.35. The summed E-state index contributed by atoms with van der Waals surface area (Å²) in [5.74, 6) is 1.45. The second kappa shape index (κ2) is 8.59. The maximum Gasteiger partial charge on any atom is 0.260 e. The molecule has 152 valence electrons. The summed E-state index contributed by atoms with van der Waals surface area (Å²) < 4.78 is 5.58. The highest BCUT2D eigenvalue weighted by molar-refractivity contribution is 5.78. The smallest absolute Gasteiger partial charge is 0.260 e. The van der Waals surface area contributed by atoms with Crippen molar-refractivity contribution in [2.75, 3.05) is 19.7 Å². The van der Waals surface area contributed by atoms with Gasteiger partial charge in [-0.2, -0.15) is 0 Å². The predicted molar refractivity (Wildman–Crippen MR) is 107 cm³/mol. The maximum absolute atomic E-state index is 12.5. The zero-order valence-electron chi connectivity index (χ0n) is 16.7. The first-order chi connectivity index (χ1) is 14.1. The topological polar surface area (TPSA) is 75.6 Å². The molecule has 7 nitrogen and oxygen atoms in total. The van der Waals surface area contributed by atoms with E-state index in [1.807, 2.05) is 41.4 Å². The molecule has 3 heterocycles. The SMILES string of the molecule is CC(=O)N1CCCCC1c1ncc2c(n1)CCN(C(=O)COc1ccccc1)C2. The Morgan fingerprint density at radius 2 is 2.00 bits per heavy atom. The highest BCUT2D eigenvalue weighted by Crippen LogP contribution is 2.30. The molecule has 1 unspecified atom stereocenters. The fourth-order valence-electron chi connectivity index (χ4n) is 4.03. The molecule has 7 heteroatoms.